The molecule has 156 valence electrons. The number of benzene rings is 1. The van der Waals surface area contributed by atoms with Gasteiger partial charge in [0.2, 0.25) is 0 Å². The Labute approximate surface area is 185 Å². The zero-order valence-electron chi connectivity index (χ0n) is 17.2. The summed E-state index contributed by atoms with van der Waals surface area (Å²) in [4.78, 5) is 11.3. The number of rotatable bonds is 6. The molecule has 0 bridgehead atoms. The lowest BCUT2D eigenvalue weighted by atomic mass is 10.2. The third-order valence-corrected chi connectivity index (χ3v) is 5.60. The zero-order chi connectivity index (χ0) is 19.2. The van der Waals surface area contributed by atoms with Gasteiger partial charge >= 0.3 is 0 Å². The highest BCUT2D eigenvalue weighted by Crippen LogP contribution is 2.21. The monoisotopic (exact) mass is 501 g/mol. The Morgan fingerprint density at radius 1 is 1.25 bits per heavy atom. The van der Waals surface area contributed by atoms with E-state index >= 15 is 0 Å². The molecule has 0 aromatic heterocycles. The fourth-order valence-electron chi connectivity index (χ4n) is 4.02. The van der Waals surface area contributed by atoms with Crippen molar-refractivity contribution in [2.45, 2.75) is 32.9 Å². The summed E-state index contributed by atoms with van der Waals surface area (Å²) >= 11 is 0. The van der Waals surface area contributed by atoms with Crippen molar-refractivity contribution in [3.8, 4) is 0 Å². The van der Waals surface area contributed by atoms with Crippen LogP contribution >= 0.6 is 24.0 Å². The van der Waals surface area contributed by atoms with Crippen LogP contribution in [0.1, 0.15) is 25.8 Å². The SMILES string of the molecule is CCN(CC)c1ccc(CNC(=NC)N2CCC(N3CC=CC3)C2)cc1F.I. The summed E-state index contributed by atoms with van der Waals surface area (Å²) in [5, 5.41) is 3.40. The molecule has 2 heterocycles. The molecule has 1 aromatic rings. The second kappa shape index (κ2) is 11.0. The Hall–Kier alpha value is -1.35. The van der Waals surface area contributed by atoms with E-state index in [2.05, 4.69) is 32.3 Å². The maximum atomic E-state index is 14.5. The largest absolute Gasteiger partial charge is 0.370 e. The number of halogens is 2. The van der Waals surface area contributed by atoms with Crippen molar-refractivity contribution in [3.63, 3.8) is 0 Å². The molecule has 0 saturated carbocycles. The Morgan fingerprint density at radius 2 is 1.96 bits per heavy atom. The second-order valence-electron chi connectivity index (χ2n) is 7.17. The number of nitrogens with zero attached hydrogens (tertiary/aromatic N) is 4. The molecule has 1 N–H and O–H groups in total. The highest BCUT2D eigenvalue weighted by atomic mass is 127. The van der Waals surface area contributed by atoms with Gasteiger partial charge in [-0.05, 0) is 38.0 Å². The molecule has 0 spiro atoms. The first-order valence-corrected chi connectivity index (χ1v) is 10.0. The van der Waals surface area contributed by atoms with Crippen LogP contribution in [0, 0.1) is 5.82 Å². The first-order valence-electron chi connectivity index (χ1n) is 10.0. The van der Waals surface area contributed by atoms with Crippen LogP contribution < -0.4 is 10.2 Å². The molecule has 28 heavy (non-hydrogen) atoms. The first kappa shape index (κ1) is 22.9. The Balaban J connectivity index is 0.00000280. The van der Waals surface area contributed by atoms with E-state index in [-0.39, 0.29) is 29.8 Å². The minimum Gasteiger partial charge on any atom is -0.370 e. The fourth-order valence-corrected chi connectivity index (χ4v) is 4.02. The van der Waals surface area contributed by atoms with Gasteiger partial charge in [-0.1, -0.05) is 18.2 Å². The average Bonchev–Trinajstić information content (AvgIpc) is 3.36. The Bertz CT molecular complexity index is 681. The van der Waals surface area contributed by atoms with Crippen LogP contribution in [0.2, 0.25) is 0 Å². The van der Waals surface area contributed by atoms with E-state index in [1.54, 1.807) is 6.07 Å². The second-order valence-corrected chi connectivity index (χ2v) is 7.17. The van der Waals surface area contributed by atoms with Crippen molar-refractivity contribution < 1.29 is 4.39 Å². The predicted octanol–water partition coefficient (Wildman–Crippen LogP) is 3.31. The normalized spacial score (nSPS) is 19.8. The third-order valence-electron chi connectivity index (χ3n) is 5.60. The number of anilines is 1. The summed E-state index contributed by atoms with van der Waals surface area (Å²) in [7, 11) is 1.82. The number of hydrogen-bond acceptors (Lipinski definition) is 3. The maximum absolute atomic E-state index is 14.5. The van der Waals surface area contributed by atoms with Gasteiger partial charge in [0, 0.05) is 58.9 Å². The van der Waals surface area contributed by atoms with Crippen LogP contribution in [0.25, 0.3) is 0 Å². The van der Waals surface area contributed by atoms with Crippen LogP contribution in [0.15, 0.2) is 35.3 Å². The van der Waals surface area contributed by atoms with Crippen LogP contribution in [-0.4, -0.2) is 68.1 Å². The summed E-state index contributed by atoms with van der Waals surface area (Å²) in [5.74, 6) is 0.744. The van der Waals surface area contributed by atoms with E-state index in [1.807, 2.05) is 37.9 Å². The molecule has 1 saturated heterocycles. The van der Waals surface area contributed by atoms with Gasteiger partial charge in [-0.25, -0.2) is 4.39 Å². The van der Waals surface area contributed by atoms with E-state index in [9.17, 15) is 4.39 Å². The quantitative estimate of drug-likeness (QED) is 0.281. The number of hydrogen-bond donors (Lipinski definition) is 1. The summed E-state index contributed by atoms with van der Waals surface area (Å²) < 4.78 is 14.5. The lowest BCUT2D eigenvalue weighted by Crippen LogP contribution is -2.42. The van der Waals surface area contributed by atoms with Crippen LogP contribution in [0.3, 0.4) is 0 Å². The molecule has 0 amide bonds. The molecule has 0 aliphatic carbocycles. The standard InChI is InChI=1S/C21H32FN5.HI/c1-4-25(5-2)20-9-8-17(14-19(20)22)15-24-21(23-3)27-13-10-18(16-27)26-11-6-7-12-26;/h6-9,14,18H,4-5,10-13,15-16H2,1-3H3,(H,23,24);1H. The number of likely N-dealkylation sites (tertiary alicyclic amines) is 1. The maximum Gasteiger partial charge on any atom is 0.193 e. The third kappa shape index (κ3) is 5.37. The topological polar surface area (TPSA) is 34.1 Å². The van der Waals surface area contributed by atoms with Crippen molar-refractivity contribution in [1.82, 2.24) is 15.1 Å². The predicted molar refractivity (Wildman–Crippen MR) is 126 cm³/mol. The van der Waals surface area contributed by atoms with Crippen molar-refractivity contribution in [1.29, 1.82) is 0 Å². The lowest BCUT2D eigenvalue weighted by Gasteiger charge is -2.25. The fraction of sp³-hybridized carbons (Fsp3) is 0.571. The van der Waals surface area contributed by atoms with Gasteiger partial charge in [0.05, 0.1) is 5.69 Å². The molecular weight excluding hydrogens is 468 g/mol. The summed E-state index contributed by atoms with van der Waals surface area (Å²) in [6.07, 6.45) is 5.65. The minimum absolute atomic E-state index is 0. The van der Waals surface area contributed by atoms with Gasteiger partial charge in [-0.2, -0.15) is 0 Å². The molecule has 1 aromatic carbocycles. The molecule has 2 aliphatic rings. The molecule has 1 unspecified atom stereocenters. The summed E-state index contributed by atoms with van der Waals surface area (Å²) in [6.45, 7) is 10.4. The van der Waals surface area contributed by atoms with E-state index in [1.165, 1.54) is 0 Å². The van der Waals surface area contributed by atoms with Gasteiger partial charge in [-0.3, -0.25) is 9.89 Å². The molecule has 1 fully saturated rings. The van der Waals surface area contributed by atoms with Crippen LogP contribution in [0.5, 0.6) is 0 Å². The molecular formula is C21H33FIN5. The van der Waals surface area contributed by atoms with Crippen molar-refractivity contribution >= 4 is 35.6 Å². The van der Waals surface area contributed by atoms with Gasteiger partial charge in [0.25, 0.3) is 0 Å². The van der Waals surface area contributed by atoms with Gasteiger partial charge < -0.3 is 15.1 Å². The van der Waals surface area contributed by atoms with Gasteiger partial charge in [0.1, 0.15) is 5.82 Å². The number of nitrogens with one attached hydrogen (secondary N) is 1. The van der Waals surface area contributed by atoms with E-state index in [0.717, 1.165) is 57.2 Å². The average molecular weight is 501 g/mol. The minimum atomic E-state index is -0.157. The van der Waals surface area contributed by atoms with Crippen molar-refractivity contribution in [3.05, 3.63) is 41.7 Å². The highest BCUT2D eigenvalue weighted by Gasteiger charge is 2.29. The highest BCUT2D eigenvalue weighted by molar-refractivity contribution is 14.0. The molecule has 0 radical (unpaired) electrons. The molecule has 3 rings (SSSR count). The Morgan fingerprint density at radius 3 is 2.57 bits per heavy atom. The molecule has 5 nitrogen and oxygen atoms in total. The van der Waals surface area contributed by atoms with E-state index < -0.39 is 0 Å². The smallest absolute Gasteiger partial charge is 0.193 e. The number of aliphatic imine (C=N–C) groups is 1. The lowest BCUT2D eigenvalue weighted by molar-refractivity contribution is 0.259. The van der Waals surface area contributed by atoms with Crippen molar-refractivity contribution in [2.24, 2.45) is 4.99 Å². The van der Waals surface area contributed by atoms with Crippen LogP contribution in [0.4, 0.5) is 10.1 Å². The Kier molecular flexibility index (Phi) is 9.01. The molecule has 1 atom stereocenters. The van der Waals surface area contributed by atoms with E-state index in [4.69, 9.17) is 0 Å². The molecule has 2 aliphatic heterocycles. The summed E-state index contributed by atoms with van der Waals surface area (Å²) in [5.41, 5.74) is 1.61. The molecule has 7 heteroatoms. The number of guanidine groups is 1. The first-order chi connectivity index (χ1) is 13.2. The van der Waals surface area contributed by atoms with Gasteiger partial charge in [-0.15, -0.1) is 24.0 Å². The van der Waals surface area contributed by atoms with E-state index in [0.29, 0.717) is 18.3 Å². The van der Waals surface area contributed by atoms with Crippen LogP contribution in [-0.2, 0) is 6.54 Å². The van der Waals surface area contributed by atoms with Crippen molar-refractivity contribution in [2.75, 3.05) is 51.2 Å². The zero-order valence-corrected chi connectivity index (χ0v) is 19.5. The summed E-state index contributed by atoms with van der Waals surface area (Å²) in [6, 6.07) is 6.11. The van der Waals surface area contributed by atoms with Gasteiger partial charge in [0.15, 0.2) is 5.96 Å².